The molecule has 0 bridgehead atoms. The molecule has 0 aliphatic carbocycles. The molecule has 136 valence electrons. The summed E-state index contributed by atoms with van der Waals surface area (Å²) in [6.07, 6.45) is 1.56. The van der Waals surface area contributed by atoms with Gasteiger partial charge >= 0.3 is 5.97 Å². The molecule has 1 amide bonds. The molecule has 0 saturated carbocycles. The SMILES string of the molecule is O=C(O)c1cc(NC(=O)C2CCCN2Cc2ccc(F)cc2)ccc1O. The van der Waals surface area contributed by atoms with Gasteiger partial charge in [-0.25, -0.2) is 9.18 Å². The van der Waals surface area contributed by atoms with E-state index >= 15 is 0 Å². The van der Waals surface area contributed by atoms with E-state index < -0.39 is 5.97 Å². The van der Waals surface area contributed by atoms with Gasteiger partial charge in [-0.15, -0.1) is 0 Å². The zero-order valence-corrected chi connectivity index (χ0v) is 14.0. The van der Waals surface area contributed by atoms with E-state index in [4.69, 9.17) is 5.11 Å². The summed E-state index contributed by atoms with van der Waals surface area (Å²) in [4.78, 5) is 25.7. The lowest BCUT2D eigenvalue weighted by atomic mass is 10.1. The van der Waals surface area contributed by atoms with E-state index in [0.29, 0.717) is 18.7 Å². The van der Waals surface area contributed by atoms with Crippen LogP contribution in [0.3, 0.4) is 0 Å². The van der Waals surface area contributed by atoms with Crippen molar-refractivity contribution >= 4 is 17.6 Å². The number of amides is 1. The van der Waals surface area contributed by atoms with Gasteiger partial charge < -0.3 is 15.5 Å². The molecule has 1 heterocycles. The molecule has 26 heavy (non-hydrogen) atoms. The predicted molar refractivity (Wildman–Crippen MR) is 93.5 cm³/mol. The number of carboxylic acids is 1. The monoisotopic (exact) mass is 358 g/mol. The van der Waals surface area contributed by atoms with Crippen molar-refractivity contribution in [2.45, 2.75) is 25.4 Å². The molecule has 1 aliphatic rings. The van der Waals surface area contributed by atoms with Gasteiger partial charge in [0.15, 0.2) is 0 Å². The third-order valence-electron chi connectivity index (χ3n) is 4.46. The number of aromatic carboxylic acids is 1. The standard InChI is InChI=1S/C19H19FN2O4/c20-13-5-3-12(4-6-13)11-22-9-1-2-16(22)18(24)21-14-7-8-17(23)15(10-14)19(25)26/h3-8,10,16,23H,1-2,9,11H2,(H,21,24)(H,25,26). The Morgan fingerprint density at radius 3 is 2.62 bits per heavy atom. The van der Waals surface area contributed by atoms with Crippen molar-refractivity contribution in [2.75, 3.05) is 11.9 Å². The highest BCUT2D eigenvalue weighted by Gasteiger charge is 2.30. The highest BCUT2D eigenvalue weighted by atomic mass is 19.1. The second-order valence-corrected chi connectivity index (χ2v) is 6.28. The Morgan fingerprint density at radius 1 is 1.19 bits per heavy atom. The van der Waals surface area contributed by atoms with Crippen molar-refractivity contribution in [3.8, 4) is 5.75 Å². The molecule has 1 aliphatic heterocycles. The third kappa shape index (κ3) is 4.00. The number of anilines is 1. The van der Waals surface area contributed by atoms with Gasteiger partial charge in [-0.2, -0.15) is 0 Å². The number of halogens is 1. The van der Waals surface area contributed by atoms with E-state index in [1.54, 1.807) is 12.1 Å². The van der Waals surface area contributed by atoms with Crippen LogP contribution in [-0.4, -0.2) is 39.6 Å². The van der Waals surface area contributed by atoms with Gasteiger partial charge in [0.2, 0.25) is 5.91 Å². The molecular formula is C19H19FN2O4. The largest absolute Gasteiger partial charge is 0.507 e. The van der Waals surface area contributed by atoms with Crippen LogP contribution in [0.4, 0.5) is 10.1 Å². The molecule has 2 aromatic carbocycles. The molecular weight excluding hydrogens is 339 g/mol. The van der Waals surface area contributed by atoms with Crippen LogP contribution in [0.5, 0.6) is 5.75 Å². The summed E-state index contributed by atoms with van der Waals surface area (Å²) in [5, 5.41) is 21.3. The van der Waals surface area contributed by atoms with Crippen LogP contribution in [0.1, 0.15) is 28.8 Å². The molecule has 1 unspecified atom stereocenters. The number of nitrogens with one attached hydrogen (secondary N) is 1. The number of hydrogen-bond donors (Lipinski definition) is 3. The van der Waals surface area contributed by atoms with Gasteiger partial charge in [-0.1, -0.05) is 12.1 Å². The molecule has 1 saturated heterocycles. The van der Waals surface area contributed by atoms with Gasteiger partial charge in [-0.3, -0.25) is 9.69 Å². The van der Waals surface area contributed by atoms with Crippen molar-refractivity contribution in [3.05, 3.63) is 59.4 Å². The first-order valence-corrected chi connectivity index (χ1v) is 8.29. The molecule has 1 fully saturated rings. The Kier molecular flexibility index (Phi) is 5.18. The van der Waals surface area contributed by atoms with Crippen LogP contribution in [0.15, 0.2) is 42.5 Å². The number of hydrogen-bond acceptors (Lipinski definition) is 4. The van der Waals surface area contributed by atoms with E-state index in [2.05, 4.69) is 5.32 Å². The number of carboxylic acid groups (broad SMARTS) is 1. The first-order valence-electron chi connectivity index (χ1n) is 8.29. The predicted octanol–water partition coefficient (Wildman–Crippen LogP) is 2.83. The number of likely N-dealkylation sites (tertiary alicyclic amines) is 1. The molecule has 7 heteroatoms. The second kappa shape index (κ2) is 7.53. The summed E-state index contributed by atoms with van der Waals surface area (Å²) in [5.74, 6) is -2.15. The van der Waals surface area contributed by atoms with E-state index in [-0.39, 0.29) is 29.1 Å². The minimum absolute atomic E-state index is 0.230. The topological polar surface area (TPSA) is 89.9 Å². The van der Waals surface area contributed by atoms with Crippen molar-refractivity contribution in [1.82, 2.24) is 4.90 Å². The van der Waals surface area contributed by atoms with Crippen molar-refractivity contribution in [1.29, 1.82) is 0 Å². The summed E-state index contributed by atoms with van der Waals surface area (Å²) in [5.41, 5.74) is 0.972. The van der Waals surface area contributed by atoms with Crippen LogP contribution in [0, 0.1) is 5.82 Å². The first-order chi connectivity index (χ1) is 12.4. The normalized spacial score (nSPS) is 17.2. The zero-order chi connectivity index (χ0) is 18.7. The number of rotatable bonds is 5. The van der Waals surface area contributed by atoms with E-state index in [0.717, 1.165) is 18.5 Å². The average Bonchev–Trinajstić information content (AvgIpc) is 3.06. The minimum atomic E-state index is -1.27. The van der Waals surface area contributed by atoms with E-state index in [1.165, 1.54) is 30.3 Å². The van der Waals surface area contributed by atoms with Gasteiger partial charge in [0.1, 0.15) is 17.1 Å². The maximum absolute atomic E-state index is 13.0. The molecule has 0 spiro atoms. The first kappa shape index (κ1) is 17.9. The lowest BCUT2D eigenvalue weighted by Gasteiger charge is -2.23. The van der Waals surface area contributed by atoms with Crippen molar-refractivity contribution in [2.24, 2.45) is 0 Å². The van der Waals surface area contributed by atoms with Gasteiger partial charge in [0, 0.05) is 12.2 Å². The smallest absolute Gasteiger partial charge is 0.339 e. The minimum Gasteiger partial charge on any atom is -0.507 e. The third-order valence-corrected chi connectivity index (χ3v) is 4.46. The fourth-order valence-electron chi connectivity index (χ4n) is 3.15. The van der Waals surface area contributed by atoms with Crippen LogP contribution in [0.25, 0.3) is 0 Å². The summed E-state index contributed by atoms with van der Waals surface area (Å²) < 4.78 is 13.0. The highest BCUT2D eigenvalue weighted by molar-refractivity contribution is 5.97. The number of aromatic hydroxyl groups is 1. The lowest BCUT2D eigenvalue weighted by molar-refractivity contribution is -0.120. The van der Waals surface area contributed by atoms with Crippen LogP contribution in [-0.2, 0) is 11.3 Å². The van der Waals surface area contributed by atoms with Gasteiger partial charge in [-0.05, 0) is 55.3 Å². The Hall–Kier alpha value is -2.93. The fourth-order valence-corrected chi connectivity index (χ4v) is 3.15. The van der Waals surface area contributed by atoms with Gasteiger partial charge in [0.25, 0.3) is 0 Å². The molecule has 0 radical (unpaired) electrons. The quantitative estimate of drug-likeness (QED) is 0.715. The van der Waals surface area contributed by atoms with E-state index in [1.807, 2.05) is 4.90 Å². The number of carbonyl (C=O) groups is 2. The summed E-state index contributed by atoms with van der Waals surface area (Å²) >= 11 is 0. The van der Waals surface area contributed by atoms with Crippen LogP contribution < -0.4 is 5.32 Å². The molecule has 3 N–H and O–H groups in total. The number of phenols is 1. The number of carbonyl (C=O) groups excluding carboxylic acids is 1. The zero-order valence-electron chi connectivity index (χ0n) is 14.0. The van der Waals surface area contributed by atoms with Crippen LogP contribution >= 0.6 is 0 Å². The Labute approximate surface area is 149 Å². The van der Waals surface area contributed by atoms with Crippen LogP contribution in [0.2, 0.25) is 0 Å². The summed E-state index contributed by atoms with van der Waals surface area (Å²) in [6.45, 7) is 1.29. The molecule has 6 nitrogen and oxygen atoms in total. The van der Waals surface area contributed by atoms with Gasteiger partial charge in [0.05, 0.1) is 6.04 Å². The molecule has 3 rings (SSSR count). The average molecular weight is 358 g/mol. The molecule has 2 aromatic rings. The Morgan fingerprint density at radius 2 is 1.92 bits per heavy atom. The maximum atomic E-state index is 13.0. The Balaban J connectivity index is 1.69. The summed E-state index contributed by atoms with van der Waals surface area (Å²) in [6, 6.07) is 9.76. The van der Waals surface area contributed by atoms with Crippen molar-refractivity contribution < 1.29 is 24.2 Å². The maximum Gasteiger partial charge on any atom is 0.339 e. The van der Waals surface area contributed by atoms with E-state index in [9.17, 15) is 19.1 Å². The highest BCUT2D eigenvalue weighted by Crippen LogP contribution is 2.24. The fraction of sp³-hybridized carbons (Fsp3) is 0.263. The second-order valence-electron chi connectivity index (χ2n) is 6.28. The van der Waals surface area contributed by atoms with Crippen molar-refractivity contribution in [3.63, 3.8) is 0 Å². The Bertz CT molecular complexity index is 823. The number of benzene rings is 2. The molecule has 1 atom stereocenters. The lowest BCUT2D eigenvalue weighted by Crippen LogP contribution is -2.39. The number of nitrogens with zero attached hydrogens (tertiary/aromatic N) is 1. The summed E-state index contributed by atoms with van der Waals surface area (Å²) in [7, 11) is 0. The molecule has 0 aromatic heterocycles.